The molecular formula is C13H16O8. The van der Waals surface area contributed by atoms with Gasteiger partial charge >= 0.3 is 23.9 Å². The van der Waals surface area contributed by atoms with E-state index in [0.29, 0.717) is 0 Å². The molecule has 0 spiro atoms. The van der Waals surface area contributed by atoms with Crippen molar-refractivity contribution in [3.05, 3.63) is 25.3 Å². The average Bonchev–Trinajstić information content (AvgIpc) is 2.48. The highest BCUT2D eigenvalue weighted by atomic mass is 16.6. The minimum absolute atomic E-state index is 0.212. The molecule has 0 aliphatic rings. The largest absolute Gasteiger partial charge is 0.459 e. The summed E-state index contributed by atoms with van der Waals surface area (Å²) in [6.45, 7) is 7.05. The Kier molecular flexibility index (Phi) is 8.90. The van der Waals surface area contributed by atoms with Crippen molar-refractivity contribution >= 4 is 23.9 Å². The van der Waals surface area contributed by atoms with E-state index in [4.69, 9.17) is 0 Å². The monoisotopic (exact) mass is 300 g/mol. The summed E-state index contributed by atoms with van der Waals surface area (Å²) >= 11 is 0. The summed E-state index contributed by atoms with van der Waals surface area (Å²) in [5, 5.41) is 0. The van der Waals surface area contributed by atoms with E-state index in [2.05, 4.69) is 32.1 Å². The first kappa shape index (κ1) is 18.4. The van der Waals surface area contributed by atoms with E-state index in [0.717, 1.165) is 12.2 Å². The number of carbonyl (C=O) groups excluding carboxylic acids is 4. The van der Waals surface area contributed by atoms with Crippen LogP contribution in [0.15, 0.2) is 25.3 Å². The molecule has 0 aliphatic carbocycles. The maximum absolute atomic E-state index is 11.3. The summed E-state index contributed by atoms with van der Waals surface area (Å²) in [6, 6.07) is 0. The minimum atomic E-state index is -1.24. The number of esters is 4. The van der Waals surface area contributed by atoms with Crippen LogP contribution in [0.25, 0.3) is 0 Å². The van der Waals surface area contributed by atoms with Crippen molar-refractivity contribution in [2.45, 2.75) is 13.0 Å². The lowest BCUT2D eigenvalue weighted by atomic mass is 10.4. The van der Waals surface area contributed by atoms with Crippen molar-refractivity contribution in [3.8, 4) is 0 Å². The number of hydrogen-bond donors (Lipinski definition) is 0. The topological polar surface area (TPSA) is 105 Å². The Morgan fingerprint density at radius 3 is 2.00 bits per heavy atom. The van der Waals surface area contributed by atoms with E-state index >= 15 is 0 Å². The second-order valence-corrected chi connectivity index (χ2v) is 3.56. The van der Waals surface area contributed by atoms with E-state index in [1.807, 2.05) is 0 Å². The Bertz CT molecular complexity index is 426. The summed E-state index contributed by atoms with van der Waals surface area (Å²) in [7, 11) is 0. The minimum Gasteiger partial charge on any atom is -0.459 e. The van der Waals surface area contributed by atoms with Gasteiger partial charge in [0.05, 0.1) is 0 Å². The summed E-state index contributed by atoms with van der Waals surface area (Å²) < 4.78 is 18.3. The molecular weight excluding hydrogens is 284 g/mol. The van der Waals surface area contributed by atoms with Crippen LogP contribution < -0.4 is 0 Å². The normalized spacial score (nSPS) is 10.7. The molecule has 0 heterocycles. The lowest BCUT2D eigenvalue weighted by Crippen LogP contribution is -2.28. The van der Waals surface area contributed by atoms with Gasteiger partial charge in [0, 0.05) is 12.2 Å². The fourth-order valence-electron chi connectivity index (χ4n) is 0.918. The Hall–Kier alpha value is -2.64. The SMILES string of the molecule is C=CC(=O)OCCOC(=O)C(=O)OC(C)COC(=O)C=C. The Morgan fingerprint density at radius 1 is 0.905 bits per heavy atom. The van der Waals surface area contributed by atoms with Crippen LogP contribution in [0.1, 0.15) is 6.92 Å². The third kappa shape index (κ3) is 8.98. The second-order valence-electron chi connectivity index (χ2n) is 3.56. The summed E-state index contributed by atoms with van der Waals surface area (Å²) in [5.74, 6) is -3.84. The molecule has 0 amide bonds. The molecule has 0 bridgehead atoms. The van der Waals surface area contributed by atoms with Crippen molar-refractivity contribution in [3.63, 3.8) is 0 Å². The van der Waals surface area contributed by atoms with E-state index in [1.54, 1.807) is 0 Å². The van der Waals surface area contributed by atoms with E-state index < -0.39 is 30.0 Å². The third-order valence-electron chi connectivity index (χ3n) is 1.83. The van der Waals surface area contributed by atoms with Crippen LogP contribution in [0.3, 0.4) is 0 Å². The molecule has 0 rings (SSSR count). The van der Waals surface area contributed by atoms with E-state index in [1.165, 1.54) is 6.92 Å². The highest BCUT2D eigenvalue weighted by Crippen LogP contribution is 1.96. The number of carbonyl (C=O) groups is 4. The predicted octanol–water partition coefficient (Wildman–Crippen LogP) is -0.0803. The van der Waals surface area contributed by atoms with Crippen molar-refractivity contribution in [1.82, 2.24) is 0 Å². The molecule has 0 aliphatic heterocycles. The first-order valence-electron chi connectivity index (χ1n) is 5.86. The van der Waals surface area contributed by atoms with Crippen LogP contribution in [0.4, 0.5) is 0 Å². The third-order valence-corrected chi connectivity index (χ3v) is 1.83. The molecule has 0 radical (unpaired) electrons. The van der Waals surface area contributed by atoms with Gasteiger partial charge in [-0.1, -0.05) is 13.2 Å². The zero-order chi connectivity index (χ0) is 16.3. The van der Waals surface area contributed by atoms with Gasteiger partial charge in [-0.05, 0) is 6.92 Å². The molecule has 0 N–H and O–H groups in total. The van der Waals surface area contributed by atoms with Crippen LogP contribution in [-0.4, -0.2) is 49.8 Å². The molecule has 1 atom stereocenters. The molecule has 0 saturated carbocycles. The second kappa shape index (κ2) is 10.2. The first-order chi connectivity index (χ1) is 9.90. The van der Waals surface area contributed by atoms with Gasteiger partial charge in [-0.15, -0.1) is 0 Å². The number of ether oxygens (including phenoxy) is 4. The van der Waals surface area contributed by atoms with Crippen molar-refractivity contribution in [2.24, 2.45) is 0 Å². The predicted molar refractivity (Wildman–Crippen MR) is 68.8 cm³/mol. The van der Waals surface area contributed by atoms with Crippen molar-refractivity contribution in [2.75, 3.05) is 19.8 Å². The first-order valence-corrected chi connectivity index (χ1v) is 5.86. The highest BCUT2D eigenvalue weighted by Gasteiger charge is 2.20. The molecule has 0 fully saturated rings. The fourth-order valence-corrected chi connectivity index (χ4v) is 0.918. The van der Waals surface area contributed by atoms with Crippen molar-refractivity contribution < 1.29 is 38.1 Å². The molecule has 0 aromatic carbocycles. The number of hydrogen-bond acceptors (Lipinski definition) is 8. The number of rotatable bonds is 8. The average molecular weight is 300 g/mol. The van der Waals surface area contributed by atoms with Gasteiger partial charge in [0.2, 0.25) is 0 Å². The Morgan fingerprint density at radius 2 is 1.43 bits per heavy atom. The molecule has 0 saturated heterocycles. The Labute approximate surface area is 121 Å². The van der Waals surface area contributed by atoms with E-state index in [9.17, 15) is 19.2 Å². The van der Waals surface area contributed by atoms with Gasteiger partial charge in [-0.2, -0.15) is 0 Å². The molecule has 8 nitrogen and oxygen atoms in total. The summed E-state index contributed by atoms with van der Waals surface area (Å²) in [5.41, 5.74) is 0. The maximum atomic E-state index is 11.3. The van der Waals surface area contributed by atoms with Gasteiger partial charge in [0.25, 0.3) is 0 Å². The van der Waals surface area contributed by atoms with Gasteiger partial charge in [0.1, 0.15) is 25.9 Å². The van der Waals surface area contributed by atoms with Crippen LogP contribution in [0.5, 0.6) is 0 Å². The highest BCUT2D eigenvalue weighted by molar-refractivity contribution is 6.29. The smallest absolute Gasteiger partial charge is 0.417 e. The van der Waals surface area contributed by atoms with Crippen molar-refractivity contribution in [1.29, 1.82) is 0 Å². The van der Waals surface area contributed by atoms with Gasteiger partial charge in [-0.25, -0.2) is 19.2 Å². The molecule has 21 heavy (non-hydrogen) atoms. The van der Waals surface area contributed by atoms with Gasteiger partial charge < -0.3 is 18.9 Å². The maximum Gasteiger partial charge on any atom is 0.417 e. The standard InChI is InChI=1S/C13H16O8/c1-4-10(14)18-6-7-19-12(16)13(17)21-9(3)8-20-11(15)5-2/h4-5,9H,1-2,6-8H2,3H3. The lowest BCUT2D eigenvalue weighted by Gasteiger charge is -2.12. The van der Waals surface area contributed by atoms with E-state index in [-0.39, 0.29) is 19.8 Å². The van der Waals surface area contributed by atoms with Crippen LogP contribution in [0, 0.1) is 0 Å². The zero-order valence-corrected chi connectivity index (χ0v) is 11.5. The van der Waals surface area contributed by atoms with Crippen LogP contribution in [0.2, 0.25) is 0 Å². The molecule has 0 aromatic rings. The van der Waals surface area contributed by atoms with Crippen LogP contribution >= 0.6 is 0 Å². The van der Waals surface area contributed by atoms with Crippen LogP contribution in [-0.2, 0) is 38.1 Å². The van der Waals surface area contributed by atoms with Gasteiger partial charge in [0.15, 0.2) is 0 Å². The quantitative estimate of drug-likeness (QED) is 0.201. The van der Waals surface area contributed by atoms with Gasteiger partial charge in [-0.3, -0.25) is 0 Å². The molecule has 1 unspecified atom stereocenters. The fraction of sp³-hybridized carbons (Fsp3) is 0.385. The summed E-state index contributed by atoms with van der Waals surface area (Å²) in [4.78, 5) is 43.9. The molecule has 0 aromatic heterocycles. The zero-order valence-electron chi connectivity index (χ0n) is 11.5. The summed E-state index contributed by atoms with van der Waals surface area (Å²) in [6.07, 6.45) is 1.07. The Balaban J connectivity index is 3.90. The lowest BCUT2D eigenvalue weighted by molar-refractivity contribution is -0.173. The molecule has 8 heteroatoms. The molecule has 116 valence electrons.